The Morgan fingerprint density at radius 2 is 2.05 bits per heavy atom. The minimum Gasteiger partial charge on any atom is -0.390 e. The Morgan fingerprint density at radius 1 is 1.35 bits per heavy atom. The maximum Gasteiger partial charge on any atom is 0.0689 e. The van der Waals surface area contributed by atoms with Crippen LogP contribution in [0.25, 0.3) is 0 Å². The average molecular weight is 339 g/mol. The van der Waals surface area contributed by atoms with Crippen LogP contribution in [0.4, 0.5) is 0 Å². The second-order valence-corrected chi connectivity index (χ2v) is 7.65. The SMILES string of the molecule is CC(O)(Cc1ccc(Br)cc1)C1CCOC2(CCC2)C1. The standard InChI is InChI=1S/C17H23BrO2/c1-16(19,11-13-3-5-15(18)6-4-13)14-7-10-20-17(12-14)8-2-9-17/h3-6,14,19H,2,7-12H2,1H3. The molecule has 1 aromatic carbocycles. The van der Waals surface area contributed by atoms with E-state index >= 15 is 0 Å². The van der Waals surface area contributed by atoms with Gasteiger partial charge in [-0.25, -0.2) is 0 Å². The van der Waals surface area contributed by atoms with Crippen LogP contribution in [0, 0.1) is 5.92 Å². The molecule has 2 unspecified atom stereocenters. The molecule has 2 atom stereocenters. The van der Waals surface area contributed by atoms with Crippen LogP contribution in [0.15, 0.2) is 28.7 Å². The zero-order valence-electron chi connectivity index (χ0n) is 12.1. The molecule has 2 fully saturated rings. The van der Waals surface area contributed by atoms with Crippen molar-refractivity contribution >= 4 is 15.9 Å². The van der Waals surface area contributed by atoms with Gasteiger partial charge >= 0.3 is 0 Å². The highest BCUT2D eigenvalue weighted by Crippen LogP contribution is 2.47. The number of hydrogen-bond acceptors (Lipinski definition) is 2. The van der Waals surface area contributed by atoms with E-state index in [2.05, 4.69) is 28.1 Å². The fourth-order valence-corrected chi connectivity index (χ4v) is 3.90. The van der Waals surface area contributed by atoms with Crippen molar-refractivity contribution in [3.8, 4) is 0 Å². The summed E-state index contributed by atoms with van der Waals surface area (Å²) in [4.78, 5) is 0. The Balaban J connectivity index is 1.69. The predicted molar refractivity (Wildman–Crippen MR) is 83.7 cm³/mol. The summed E-state index contributed by atoms with van der Waals surface area (Å²) in [5.74, 6) is 0.347. The summed E-state index contributed by atoms with van der Waals surface area (Å²) in [6.07, 6.45) is 6.36. The lowest BCUT2D eigenvalue weighted by atomic mass is 9.67. The summed E-state index contributed by atoms with van der Waals surface area (Å²) in [6.45, 7) is 2.80. The molecule has 1 heterocycles. The first-order chi connectivity index (χ1) is 9.49. The van der Waals surface area contributed by atoms with Gasteiger partial charge < -0.3 is 9.84 Å². The molecule has 2 nitrogen and oxygen atoms in total. The minimum absolute atomic E-state index is 0.104. The van der Waals surface area contributed by atoms with Crippen LogP contribution in [0.5, 0.6) is 0 Å². The van der Waals surface area contributed by atoms with Gasteiger partial charge in [-0.05, 0) is 62.6 Å². The molecule has 1 aliphatic carbocycles. The topological polar surface area (TPSA) is 29.5 Å². The second-order valence-electron chi connectivity index (χ2n) is 6.74. The molecule has 1 spiro atoms. The Hall–Kier alpha value is -0.380. The lowest BCUT2D eigenvalue weighted by Crippen LogP contribution is -2.51. The van der Waals surface area contributed by atoms with E-state index in [4.69, 9.17) is 4.74 Å². The quantitative estimate of drug-likeness (QED) is 0.899. The number of aliphatic hydroxyl groups is 1. The Morgan fingerprint density at radius 3 is 2.65 bits per heavy atom. The Bertz CT molecular complexity index is 462. The summed E-state index contributed by atoms with van der Waals surface area (Å²) in [6, 6.07) is 8.28. The van der Waals surface area contributed by atoms with Gasteiger partial charge in [0.15, 0.2) is 0 Å². The van der Waals surface area contributed by atoms with Crippen LogP contribution >= 0.6 is 15.9 Å². The van der Waals surface area contributed by atoms with Crippen LogP contribution in [0.2, 0.25) is 0 Å². The van der Waals surface area contributed by atoms with E-state index in [0.717, 1.165) is 30.3 Å². The van der Waals surface area contributed by atoms with Gasteiger partial charge in [-0.1, -0.05) is 28.1 Å². The molecule has 1 saturated heterocycles. The smallest absolute Gasteiger partial charge is 0.0689 e. The van der Waals surface area contributed by atoms with Crippen LogP contribution in [-0.2, 0) is 11.2 Å². The molecule has 3 rings (SSSR count). The molecule has 2 aliphatic rings. The molecular weight excluding hydrogens is 316 g/mol. The second kappa shape index (κ2) is 5.43. The zero-order valence-corrected chi connectivity index (χ0v) is 13.7. The third-order valence-electron chi connectivity index (χ3n) is 5.11. The van der Waals surface area contributed by atoms with E-state index < -0.39 is 5.60 Å². The number of halogens is 1. The maximum absolute atomic E-state index is 10.9. The van der Waals surface area contributed by atoms with Crippen LogP contribution in [0.1, 0.15) is 44.6 Å². The van der Waals surface area contributed by atoms with E-state index in [9.17, 15) is 5.11 Å². The highest BCUT2D eigenvalue weighted by molar-refractivity contribution is 9.10. The molecule has 20 heavy (non-hydrogen) atoms. The molecule has 1 aliphatic heterocycles. The predicted octanol–water partition coefficient (Wildman–Crippen LogP) is 4.09. The summed E-state index contributed by atoms with van der Waals surface area (Å²) in [5, 5.41) is 10.9. The third kappa shape index (κ3) is 2.95. The van der Waals surface area contributed by atoms with Gasteiger partial charge in [0.25, 0.3) is 0 Å². The first-order valence-electron chi connectivity index (χ1n) is 7.60. The van der Waals surface area contributed by atoms with Crippen molar-refractivity contribution in [3.05, 3.63) is 34.3 Å². The highest BCUT2D eigenvalue weighted by atomic mass is 79.9. The van der Waals surface area contributed by atoms with Crippen molar-refractivity contribution in [2.75, 3.05) is 6.61 Å². The average Bonchev–Trinajstić information content (AvgIpc) is 2.40. The van der Waals surface area contributed by atoms with Gasteiger partial charge in [0.05, 0.1) is 11.2 Å². The van der Waals surface area contributed by atoms with E-state index in [-0.39, 0.29) is 5.60 Å². The fourth-order valence-electron chi connectivity index (χ4n) is 3.64. The number of hydrogen-bond donors (Lipinski definition) is 1. The summed E-state index contributed by atoms with van der Waals surface area (Å²) >= 11 is 3.45. The van der Waals surface area contributed by atoms with E-state index in [1.54, 1.807) is 0 Å². The van der Waals surface area contributed by atoms with Crippen LogP contribution < -0.4 is 0 Å². The van der Waals surface area contributed by atoms with E-state index in [0.29, 0.717) is 5.92 Å². The molecule has 0 radical (unpaired) electrons. The molecular formula is C17H23BrO2. The van der Waals surface area contributed by atoms with Crippen molar-refractivity contribution < 1.29 is 9.84 Å². The van der Waals surface area contributed by atoms with Crippen molar-refractivity contribution in [1.82, 2.24) is 0 Å². The van der Waals surface area contributed by atoms with E-state index in [1.807, 2.05) is 19.1 Å². The zero-order chi connectivity index (χ0) is 14.2. The summed E-state index contributed by atoms with van der Waals surface area (Å²) < 4.78 is 7.06. The molecule has 0 aromatic heterocycles. The lowest BCUT2D eigenvalue weighted by Gasteiger charge is -2.50. The molecule has 1 aromatic rings. The molecule has 0 bridgehead atoms. The Kier molecular flexibility index (Phi) is 3.95. The fraction of sp³-hybridized carbons (Fsp3) is 0.647. The summed E-state index contributed by atoms with van der Waals surface area (Å²) in [5.41, 5.74) is 0.666. The summed E-state index contributed by atoms with van der Waals surface area (Å²) in [7, 11) is 0. The third-order valence-corrected chi connectivity index (χ3v) is 5.64. The number of ether oxygens (including phenoxy) is 1. The first kappa shape index (κ1) is 14.6. The molecule has 1 saturated carbocycles. The lowest BCUT2D eigenvalue weighted by molar-refractivity contribution is -0.172. The molecule has 3 heteroatoms. The minimum atomic E-state index is -0.639. The van der Waals surface area contributed by atoms with Gasteiger partial charge in [-0.2, -0.15) is 0 Å². The number of benzene rings is 1. The van der Waals surface area contributed by atoms with Gasteiger partial charge in [0.1, 0.15) is 0 Å². The Labute approximate surface area is 129 Å². The van der Waals surface area contributed by atoms with E-state index in [1.165, 1.54) is 24.8 Å². The molecule has 0 amide bonds. The van der Waals surface area contributed by atoms with Crippen molar-refractivity contribution in [3.63, 3.8) is 0 Å². The maximum atomic E-state index is 10.9. The van der Waals surface area contributed by atoms with Crippen LogP contribution in [0.3, 0.4) is 0 Å². The number of rotatable bonds is 3. The van der Waals surface area contributed by atoms with Gasteiger partial charge in [0.2, 0.25) is 0 Å². The molecule has 1 N–H and O–H groups in total. The van der Waals surface area contributed by atoms with Gasteiger partial charge in [-0.15, -0.1) is 0 Å². The monoisotopic (exact) mass is 338 g/mol. The van der Waals surface area contributed by atoms with Crippen molar-refractivity contribution in [1.29, 1.82) is 0 Å². The largest absolute Gasteiger partial charge is 0.390 e. The van der Waals surface area contributed by atoms with Crippen LogP contribution in [-0.4, -0.2) is 22.9 Å². The first-order valence-corrected chi connectivity index (χ1v) is 8.39. The highest BCUT2D eigenvalue weighted by Gasteiger charge is 2.47. The normalized spacial score (nSPS) is 27.9. The molecule has 110 valence electrons. The van der Waals surface area contributed by atoms with Gasteiger partial charge in [0, 0.05) is 17.5 Å². The van der Waals surface area contributed by atoms with Crippen molar-refractivity contribution in [2.45, 2.75) is 56.7 Å². The van der Waals surface area contributed by atoms with Crippen molar-refractivity contribution in [2.24, 2.45) is 5.92 Å². The van der Waals surface area contributed by atoms with Gasteiger partial charge in [-0.3, -0.25) is 0 Å².